The Morgan fingerprint density at radius 2 is 1.68 bits per heavy atom. The van der Waals surface area contributed by atoms with Gasteiger partial charge in [0.1, 0.15) is 0 Å². The maximum Gasteiger partial charge on any atom is 0.0603 e. The van der Waals surface area contributed by atoms with Crippen molar-refractivity contribution in [2.45, 2.75) is 64.6 Å². The van der Waals surface area contributed by atoms with Gasteiger partial charge in [-0.3, -0.25) is 0 Å². The normalized spacial score (nSPS) is 18.6. The molecule has 19 heavy (non-hydrogen) atoms. The van der Waals surface area contributed by atoms with E-state index >= 15 is 0 Å². The topological polar surface area (TPSA) is 15.7 Å². The lowest BCUT2D eigenvalue weighted by atomic mass is 10.1. The zero-order valence-corrected chi connectivity index (χ0v) is 13.5. The highest BCUT2D eigenvalue weighted by molar-refractivity contribution is 4.73. The molecule has 0 aromatic rings. The van der Waals surface area contributed by atoms with E-state index in [0.29, 0.717) is 12.2 Å². The molecule has 0 atom stereocenters. The van der Waals surface area contributed by atoms with Gasteiger partial charge in [-0.15, -0.1) is 0 Å². The molecule has 0 unspecified atom stereocenters. The summed E-state index contributed by atoms with van der Waals surface area (Å²) in [5, 5.41) is 0. The van der Waals surface area contributed by atoms with E-state index in [1.807, 2.05) is 0 Å². The quantitative estimate of drug-likeness (QED) is 0.599. The van der Waals surface area contributed by atoms with Crippen molar-refractivity contribution >= 4 is 0 Å². The molecule has 0 aromatic carbocycles. The van der Waals surface area contributed by atoms with Crippen molar-refractivity contribution < 1.29 is 4.74 Å². The number of rotatable bonds is 9. The number of likely N-dealkylation sites (tertiary alicyclic amines) is 1. The van der Waals surface area contributed by atoms with Crippen LogP contribution in [0, 0.1) is 0 Å². The first-order valence-corrected chi connectivity index (χ1v) is 8.10. The summed E-state index contributed by atoms with van der Waals surface area (Å²) in [6.45, 7) is 9.26. The number of nitrogens with zero attached hydrogens (tertiary/aromatic N) is 2. The van der Waals surface area contributed by atoms with Crippen LogP contribution in [0.25, 0.3) is 0 Å². The lowest BCUT2D eigenvalue weighted by molar-refractivity contribution is -0.0268. The molecular weight excluding hydrogens is 236 g/mol. The molecule has 1 fully saturated rings. The fraction of sp³-hybridized carbons (Fsp3) is 1.00. The van der Waals surface area contributed by atoms with E-state index < -0.39 is 0 Å². The molecule has 1 aliphatic rings. The summed E-state index contributed by atoms with van der Waals surface area (Å²) in [5.74, 6) is 0. The van der Waals surface area contributed by atoms with Crippen molar-refractivity contribution in [1.82, 2.24) is 9.80 Å². The van der Waals surface area contributed by atoms with E-state index in [1.54, 1.807) is 0 Å². The molecule has 0 aliphatic carbocycles. The van der Waals surface area contributed by atoms with Gasteiger partial charge in [-0.1, -0.05) is 12.8 Å². The number of unbranched alkanes of at least 4 members (excludes halogenated alkanes) is 3. The molecule has 0 bridgehead atoms. The largest absolute Gasteiger partial charge is 0.375 e. The minimum absolute atomic E-state index is 0.383. The third kappa shape index (κ3) is 8.61. The Kier molecular flexibility index (Phi) is 8.67. The Morgan fingerprint density at radius 3 is 2.26 bits per heavy atom. The minimum atomic E-state index is 0.383. The van der Waals surface area contributed by atoms with E-state index in [9.17, 15) is 0 Å². The van der Waals surface area contributed by atoms with Crippen molar-refractivity contribution in [3.63, 3.8) is 0 Å². The molecule has 1 aliphatic heterocycles. The van der Waals surface area contributed by atoms with Crippen molar-refractivity contribution in [3.05, 3.63) is 0 Å². The average Bonchev–Trinajstić information content (AvgIpc) is 2.34. The van der Waals surface area contributed by atoms with Crippen LogP contribution in [0.5, 0.6) is 0 Å². The van der Waals surface area contributed by atoms with Crippen LogP contribution in [0.2, 0.25) is 0 Å². The van der Waals surface area contributed by atoms with Gasteiger partial charge in [0.25, 0.3) is 0 Å². The fourth-order valence-corrected chi connectivity index (χ4v) is 2.77. The van der Waals surface area contributed by atoms with E-state index in [1.165, 1.54) is 64.7 Å². The molecule has 1 saturated heterocycles. The molecule has 0 saturated carbocycles. The van der Waals surface area contributed by atoms with Gasteiger partial charge in [-0.25, -0.2) is 0 Å². The van der Waals surface area contributed by atoms with Gasteiger partial charge in [-0.2, -0.15) is 0 Å². The second kappa shape index (κ2) is 9.73. The highest BCUT2D eigenvalue weighted by Crippen LogP contribution is 2.16. The monoisotopic (exact) mass is 270 g/mol. The Balaban J connectivity index is 1.95. The Morgan fingerprint density at radius 1 is 1.05 bits per heavy atom. The van der Waals surface area contributed by atoms with E-state index in [4.69, 9.17) is 4.74 Å². The van der Waals surface area contributed by atoms with Crippen LogP contribution in [0.3, 0.4) is 0 Å². The SMILES string of the molecule is CC(C)OC1CCN(CCCCCCN(C)C)CC1. The smallest absolute Gasteiger partial charge is 0.0603 e. The first-order chi connectivity index (χ1) is 9.08. The lowest BCUT2D eigenvalue weighted by Crippen LogP contribution is -2.38. The zero-order chi connectivity index (χ0) is 14.1. The molecular formula is C16H34N2O. The highest BCUT2D eigenvalue weighted by atomic mass is 16.5. The van der Waals surface area contributed by atoms with Gasteiger partial charge in [-0.05, 0) is 66.7 Å². The second-order valence-corrected chi connectivity index (χ2v) is 6.44. The summed E-state index contributed by atoms with van der Waals surface area (Å²) in [6, 6.07) is 0. The summed E-state index contributed by atoms with van der Waals surface area (Å²) in [7, 11) is 4.31. The maximum atomic E-state index is 5.89. The van der Waals surface area contributed by atoms with Crippen LogP contribution < -0.4 is 0 Å². The highest BCUT2D eigenvalue weighted by Gasteiger charge is 2.19. The molecule has 0 aromatic heterocycles. The molecule has 3 nitrogen and oxygen atoms in total. The third-order valence-corrected chi connectivity index (χ3v) is 3.83. The van der Waals surface area contributed by atoms with Gasteiger partial charge in [0.05, 0.1) is 12.2 Å². The van der Waals surface area contributed by atoms with E-state index in [2.05, 4.69) is 37.7 Å². The van der Waals surface area contributed by atoms with Crippen LogP contribution in [-0.4, -0.2) is 62.3 Å². The van der Waals surface area contributed by atoms with E-state index in [0.717, 1.165) is 0 Å². The van der Waals surface area contributed by atoms with Crippen LogP contribution in [0.4, 0.5) is 0 Å². The lowest BCUT2D eigenvalue weighted by Gasteiger charge is -2.32. The van der Waals surface area contributed by atoms with Crippen molar-refractivity contribution in [2.75, 3.05) is 40.3 Å². The van der Waals surface area contributed by atoms with Crippen molar-refractivity contribution in [1.29, 1.82) is 0 Å². The van der Waals surface area contributed by atoms with Crippen LogP contribution in [0.15, 0.2) is 0 Å². The average molecular weight is 270 g/mol. The molecule has 0 amide bonds. The van der Waals surface area contributed by atoms with Crippen LogP contribution >= 0.6 is 0 Å². The van der Waals surface area contributed by atoms with Gasteiger partial charge >= 0.3 is 0 Å². The molecule has 3 heteroatoms. The van der Waals surface area contributed by atoms with Gasteiger partial charge in [0.15, 0.2) is 0 Å². The fourth-order valence-electron chi connectivity index (χ4n) is 2.77. The second-order valence-electron chi connectivity index (χ2n) is 6.44. The van der Waals surface area contributed by atoms with Gasteiger partial charge < -0.3 is 14.5 Å². The maximum absolute atomic E-state index is 5.89. The zero-order valence-electron chi connectivity index (χ0n) is 13.5. The van der Waals surface area contributed by atoms with Crippen molar-refractivity contribution in [3.8, 4) is 0 Å². The number of hydrogen-bond acceptors (Lipinski definition) is 3. The van der Waals surface area contributed by atoms with Gasteiger partial charge in [0.2, 0.25) is 0 Å². The molecule has 1 heterocycles. The number of hydrogen-bond donors (Lipinski definition) is 0. The minimum Gasteiger partial charge on any atom is -0.375 e. The Bertz CT molecular complexity index is 211. The summed E-state index contributed by atoms with van der Waals surface area (Å²) in [6.07, 6.45) is 8.81. The molecule has 0 N–H and O–H groups in total. The standard InChI is InChI=1S/C16H34N2O/c1-15(2)19-16-9-13-18(14-10-16)12-8-6-5-7-11-17(3)4/h15-16H,5-14H2,1-4H3. The number of ether oxygens (including phenoxy) is 1. The molecule has 0 spiro atoms. The summed E-state index contributed by atoms with van der Waals surface area (Å²) >= 11 is 0. The molecule has 0 radical (unpaired) electrons. The van der Waals surface area contributed by atoms with Gasteiger partial charge in [0, 0.05) is 13.1 Å². The molecule has 1 rings (SSSR count). The van der Waals surface area contributed by atoms with Crippen LogP contribution in [-0.2, 0) is 4.74 Å². The summed E-state index contributed by atoms with van der Waals surface area (Å²) < 4.78 is 5.89. The third-order valence-electron chi connectivity index (χ3n) is 3.83. The summed E-state index contributed by atoms with van der Waals surface area (Å²) in [5.41, 5.74) is 0. The number of piperidine rings is 1. The predicted molar refractivity (Wildman–Crippen MR) is 82.7 cm³/mol. The first-order valence-electron chi connectivity index (χ1n) is 8.10. The summed E-state index contributed by atoms with van der Waals surface area (Å²) in [4.78, 5) is 4.89. The predicted octanol–water partition coefficient (Wildman–Crippen LogP) is 3.00. The van der Waals surface area contributed by atoms with E-state index in [-0.39, 0.29) is 0 Å². The molecule has 114 valence electrons. The van der Waals surface area contributed by atoms with Crippen LogP contribution in [0.1, 0.15) is 52.4 Å². The first kappa shape index (κ1) is 16.9. The Labute approximate surface area is 120 Å². The van der Waals surface area contributed by atoms with Crippen molar-refractivity contribution in [2.24, 2.45) is 0 Å². The Hall–Kier alpha value is -0.120.